The van der Waals surface area contributed by atoms with Crippen LogP contribution in [0.3, 0.4) is 0 Å². The van der Waals surface area contributed by atoms with Gasteiger partial charge >= 0.3 is 5.97 Å². The Morgan fingerprint density at radius 2 is 1.76 bits per heavy atom. The minimum absolute atomic E-state index is 0.164. The van der Waals surface area contributed by atoms with Crippen molar-refractivity contribution in [3.8, 4) is 5.75 Å². The van der Waals surface area contributed by atoms with E-state index in [0.29, 0.717) is 22.4 Å². The summed E-state index contributed by atoms with van der Waals surface area (Å²) >= 11 is 6.67. The number of carboxylic acid groups (broad SMARTS) is 1. The fourth-order valence-electron chi connectivity index (χ4n) is 3.35. The number of carbonyl (C=O) groups is 2. The van der Waals surface area contributed by atoms with Crippen molar-refractivity contribution >= 4 is 46.3 Å². The Morgan fingerprint density at radius 1 is 1.00 bits per heavy atom. The highest BCUT2D eigenvalue weighted by molar-refractivity contribution is 8.26. The molecule has 0 radical (unpaired) electrons. The van der Waals surface area contributed by atoms with Crippen molar-refractivity contribution in [1.29, 1.82) is 0 Å². The number of thioether (sulfide) groups is 1. The average Bonchev–Trinajstić information content (AvgIpc) is 3.08. The van der Waals surface area contributed by atoms with E-state index in [2.05, 4.69) is 12.1 Å². The summed E-state index contributed by atoms with van der Waals surface area (Å²) in [7, 11) is 0. The van der Waals surface area contributed by atoms with Gasteiger partial charge in [0, 0.05) is 6.42 Å². The third-order valence-corrected chi connectivity index (χ3v) is 6.45. The molecular weight excluding hydrogens is 454 g/mol. The van der Waals surface area contributed by atoms with Crippen LogP contribution in [0.1, 0.15) is 27.0 Å². The second-order valence-electron chi connectivity index (χ2n) is 7.43. The monoisotopic (exact) mass is 475 g/mol. The third-order valence-electron chi connectivity index (χ3n) is 5.07. The first-order chi connectivity index (χ1) is 16.0. The molecule has 4 rings (SSSR count). The summed E-state index contributed by atoms with van der Waals surface area (Å²) in [6, 6.07) is 24.2. The molecule has 1 aliphatic rings. The maximum Gasteiger partial charge on any atom is 0.335 e. The zero-order valence-corrected chi connectivity index (χ0v) is 19.3. The van der Waals surface area contributed by atoms with Crippen LogP contribution in [-0.2, 0) is 17.8 Å². The van der Waals surface area contributed by atoms with E-state index in [0.717, 1.165) is 23.3 Å². The highest BCUT2D eigenvalue weighted by atomic mass is 32.2. The molecule has 1 amide bonds. The molecular formula is C26H21NO4S2. The van der Waals surface area contributed by atoms with Gasteiger partial charge in [0.25, 0.3) is 5.91 Å². The van der Waals surface area contributed by atoms with Gasteiger partial charge in [-0.05, 0) is 47.0 Å². The Kier molecular flexibility index (Phi) is 7.22. The molecule has 7 heteroatoms. The number of hydrogen-bond acceptors (Lipinski definition) is 5. The van der Waals surface area contributed by atoms with Crippen LogP contribution in [0.15, 0.2) is 83.8 Å². The van der Waals surface area contributed by atoms with Crippen LogP contribution >= 0.6 is 24.0 Å². The molecule has 33 heavy (non-hydrogen) atoms. The second kappa shape index (κ2) is 10.5. The topological polar surface area (TPSA) is 66.8 Å². The highest BCUT2D eigenvalue weighted by Crippen LogP contribution is 2.34. The number of hydrogen-bond donors (Lipinski definition) is 1. The SMILES string of the molecule is O=C(O)c1ccc(CN2C(=O)/C(=C/c3cccc(OCCc4ccccc4)c3)SC2=S)cc1. The number of rotatable bonds is 8. The molecule has 0 saturated carbocycles. The lowest BCUT2D eigenvalue weighted by molar-refractivity contribution is -0.122. The van der Waals surface area contributed by atoms with Crippen molar-refractivity contribution in [2.24, 2.45) is 0 Å². The van der Waals surface area contributed by atoms with E-state index >= 15 is 0 Å². The largest absolute Gasteiger partial charge is 0.493 e. The Labute approximate surface area is 201 Å². The smallest absolute Gasteiger partial charge is 0.335 e. The number of nitrogens with zero attached hydrogens (tertiary/aromatic N) is 1. The molecule has 0 bridgehead atoms. The van der Waals surface area contributed by atoms with Gasteiger partial charge in [0.1, 0.15) is 10.1 Å². The van der Waals surface area contributed by atoms with Gasteiger partial charge in [-0.25, -0.2) is 4.79 Å². The maximum atomic E-state index is 12.9. The molecule has 0 spiro atoms. The van der Waals surface area contributed by atoms with Gasteiger partial charge in [-0.3, -0.25) is 9.69 Å². The lowest BCUT2D eigenvalue weighted by Gasteiger charge is -2.14. The van der Waals surface area contributed by atoms with E-state index in [9.17, 15) is 9.59 Å². The summed E-state index contributed by atoms with van der Waals surface area (Å²) in [6.45, 7) is 0.862. The molecule has 3 aromatic rings. The molecule has 0 unspecified atom stereocenters. The molecule has 1 heterocycles. The van der Waals surface area contributed by atoms with Crippen LogP contribution in [0.5, 0.6) is 5.75 Å². The van der Waals surface area contributed by atoms with Crippen LogP contribution in [0.25, 0.3) is 6.08 Å². The van der Waals surface area contributed by atoms with Gasteiger partial charge in [0.15, 0.2) is 0 Å². The number of carbonyl (C=O) groups excluding carboxylic acids is 1. The molecule has 1 fully saturated rings. The number of aromatic carboxylic acids is 1. The molecule has 5 nitrogen and oxygen atoms in total. The Morgan fingerprint density at radius 3 is 2.48 bits per heavy atom. The summed E-state index contributed by atoms with van der Waals surface area (Å²) < 4.78 is 6.37. The lowest BCUT2D eigenvalue weighted by Crippen LogP contribution is -2.27. The highest BCUT2D eigenvalue weighted by Gasteiger charge is 2.32. The zero-order chi connectivity index (χ0) is 23.2. The fraction of sp³-hybridized carbons (Fsp3) is 0.115. The summed E-state index contributed by atoms with van der Waals surface area (Å²) in [6.07, 6.45) is 2.63. The van der Waals surface area contributed by atoms with E-state index in [-0.39, 0.29) is 11.5 Å². The number of carboxylic acids is 1. The van der Waals surface area contributed by atoms with Crippen molar-refractivity contribution in [2.75, 3.05) is 6.61 Å². The van der Waals surface area contributed by atoms with Gasteiger partial charge < -0.3 is 9.84 Å². The average molecular weight is 476 g/mol. The predicted molar refractivity (Wildman–Crippen MR) is 134 cm³/mol. The Balaban J connectivity index is 1.40. The van der Waals surface area contributed by atoms with E-state index in [4.69, 9.17) is 22.1 Å². The Hall–Kier alpha value is -3.42. The van der Waals surface area contributed by atoms with Gasteiger partial charge in [0.2, 0.25) is 0 Å². The summed E-state index contributed by atoms with van der Waals surface area (Å²) in [5.41, 5.74) is 3.09. The van der Waals surface area contributed by atoms with Crippen molar-refractivity contribution in [1.82, 2.24) is 4.90 Å². The van der Waals surface area contributed by atoms with E-state index < -0.39 is 5.97 Å². The normalized spacial score (nSPS) is 14.7. The number of benzene rings is 3. The standard InChI is InChI=1S/C26H21NO4S2/c28-24-23(33-26(32)27(24)17-19-9-11-21(12-10-19)25(29)30)16-20-7-4-8-22(15-20)31-14-13-18-5-2-1-3-6-18/h1-12,15-16H,13-14,17H2,(H,29,30)/b23-16-. The fourth-order valence-corrected chi connectivity index (χ4v) is 4.60. The summed E-state index contributed by atoms with van der Waals surface area (Å²) in [4.78, 5) is 26.0. The van der Waals surface area contributed by atoms with Crippen molar-refractivity contribution < 1.29 is 19.4 Å². The predicted octanol–water partition coefficient (Wildman–Crippen LogP) is 5.41. The van der Waals surface area contributed by atoms with Crippen molar-refractivity contribution in [3.63, 3.8) is 0 Å². The Bertz CT molecular complexity index is 1210. The first-order valence-electron chi connectivity index (χ1n) is 10.3. The maximum absolute atomic E-state index is 12.9. The van der Waals surface area contributed by atoms with E-state index in [1.165, 1.54) is 34.4 Å². The quantitative estimate of drug-likeness (QED) is 0.347. The minimum atomic E-state index is -0.985. The molecule has 1 N–H and O–H groups in total. The van der Waals surface area contributed by atoms with Gasteiger partial charge in [0.05, 0.1) is 23.6 Å². The molecule has 1 aliphatic heterocycles. The van der Waals surface area contributed by atoms with Crippen LogP contribution in [0, 0.1) is 0 Å². The minimum Gasteiger partial charge on any atom is -0.493 e. The first kappa shape index (κ1) is 22.8. The number of ether oxygens (including phenoxy) is 1. The lowest BCUT2D eigenvalue weighted by atomic mass is 10.1. The molecule has 0 aliphatic carbocycles. The molecule has 0 aromatic heterocycles. The number of amides is 1. The van der Waals surface area contributed by atoms with Crippen LogP contribution in [0.2, 0.25) is 0 Å². The molecule has 0 atom stereocenters. The molecule has 1 saturated heterocycles. The van der Waals surface area contributed by atoms with Crippen molar-refractivity contribution in [3.05, 3.63) is 106 Å². The third kappa shape index (κ3) is 5.88. The molecule has 166 valence electrons. The molecule has 3 aromatic carbocycles. The van der Waals surface area contributed by atoms with Crippen molar-refractivity contribution in [2.45, 2.75) is 13.0 Å². The van der Waals surface area contributed by atoms with Gasteiger partial charge in [-0.2, -0.15) is 0 Å². The van der Waals surface area contributed by atoms with E-state index in [1.807, 2.05) is 48.5 Å². The van der Waals surface area contributed by atoms with Gasteiger partial charge in [-0.15, -0.1) is 0 Å². The second-order valence-corrected chi connectivity index (χ2v) is 9.10. The van der Waals surface area contributed by atoms with Crippen LogP contribution in [-0.4, -0.2) is 32.8 Å². The first-order valence-corrected chi connectivity index (χ1v) is 11.6. The van der Waals surface area contributed by atoms with Crippen LogP contribution < -0.4 is 4.74 Å². The summed E-state index contributed by atoms with van der Waals surface area (Å²) in [5, 5.41) is 9.03. The van der Waals surface area contributed by atoms with E-state index in [1.54, 1.807) is 12.1 Å². The van der Waals surface area contributed by atoms with Crippen LogP contribution in [0.4, 0.5) is 0 Å². The van der Waals surface area contributed by atoms with Gasteiger partial charge in [-0.1, -0.05) is 78.6 Å². The number of thiocarbonyl (C=S) groups is 1. The zero-order valence-electron chi connectivity index (χ0n) is 17.6. The summed E-state index contributed by atoms with van der Waals surface area (Å²) in [5.74, 6) is -0.405.